The summed E-state index contributed by atoms with van der Waals surface area (Å²) in [7, 11) is 0. The van der Waals surface area contributed by atoms with Gasteiger partial charge in [-0.1, -0.05) is 12.1 Å². The molecule has 0 amide bonds. The number of ether oxygens (including phenoxy) is 1. The van der Waals surface area contributed by atoms with Crippen LogP contribution in [-0.2, 0) is 0 Å². The van der Waals surface area contributed by atoms with Crippen molar-refractivity contribution >= 4 is 33.1 Å². The summed E-state index contributed by atoms with van der Waals surface area (Å²) < 4.78 is 24.6. The number of aromatic nitrogens is 1. The summed E-state index contributed by atoms with van der Waals surface area (Å²) in [4.78, 5) is 16.8. The molecule has 0 fully saturated rings. The van der Waals surface area contributed by atoms with Crippen molar-refractivity contribution in [2.45, 2.75) is 6.92 Å². The van der Waals surface area contributed by atoms with Gasteiger partial charge in [0.15, 0.2) is 5.13 Å². The van der Waals surface area contributed by atoms with E-state index in [1.165, 1.54) is 17.4 Å². The van der Waals surface area contributed by atoms with Crippen molar-refractivity contribution in [1.82, 2.24) is 4.98 Å². The van der Waals surface area contributed by atoms with Crippen LogP contribution >= 0.6 is 11.3 Å². The molecule has 136 valence electrons. The summed E-state index contributed by atoms with van der Waals surface area (Å²) in [5.74, 6) is 0.274. The van der Waals surface area contributed by atoms with Gasteiger partial charge in [-0.2, -0.15) is 0 Å². The Balaban J connectivity index is 1.67. The summed E-state index contributed by atoms with van der Waals surface area (Å²) in [5, 5.41) is 5.91. The van der Waals surface area contributed by atoms with Crippen molar-refractivity contribution in [3.05, 3.63) is 70.1 Å². The van der Waals surface area contributed by atoms with Crippen LogP contribution in [0.3, 0.4) is 0 Å². The zero-order valence-corrected chi connectivity index (χ0v) is 15.2. The summed E-state index contributed by atoms with van der Waals surface area (Å²) in [5.41, 5.74) is 1.12. The van der Waals surface area contributed by atoms with E-state index in [9.17, 15) is 9.18 Å². The van der Waals surface area contributed by atoms with Gasteiger partial charge < -0.3 is 14.5 Å². The monoisotopic (exact) mass is 382 g/mol. The molecule has 2 aromatic heterocycles. The summed E-state index contributed by atoms with van der Waals surface area (Å²) in [6, 6.07) is 13.4. The minimum atomic E-state index is -0.487. The van der Waals surface area contributed by atoms with Crippen LogP contribution in [0.4, 0.5) is 15.2 Å². The molecule has 0 atom stereocenters. The fourth-order valence-corrected chi connectivity index (χ4v) is 3.38. The van der Waals surface area contributed by atoms with Crippen molar-refractivity contribution < 1.29 is 13.5 Å². The third kappa shape index (κ3) is 3.54. The molecular weight excluding hydrogens is 367 g/mol. The zero-order chi connectivity index (χ0) is 18.8. The molecule has 7 heteroatoms. The molecule has 0 saturated carbocycles. The number of nitrogens with zero attached hydrogens (tertiary/aromatic N) is 1. The Labute approximate surface area is 158 Å². The molecule has 4 aromatic rings. The van der Waals surface area contributed by atoms with E-state index in [2.05, 4.69) is 10.3 Å². The Morgan fingerprint density at radius 2 is 2.07 bits per heavy atom. The lowest BCUT2D eigenvalue weighted by atomic mass is 10.1. The second kappa shape index (κ2) is 7.20. The second-order valence-electron chi connectivity index (χ2n) is 5.72. The first-order valence-electron chi connectivity index (χ1n) is 8.32. The Morgan fingerprint density at radius 3 is 2.89 bits per heavy atom. The lowest BCUT2D eigenvalue weighted by molar-refractivity contribution is 0.340. The van der Waals surface area contributed by atoms with Crippen molar-refractivity contribution in [3.63, 3.8) is 0 Å². The zero-order valence-electron chi connectivity index (χ0n) is 14.4. The minimum Gasteiger partial charge on any atom is -0.494 e. The van der Waals surface area contributed by atoms with Gasteiger partial charge in [-0.15, -0.1) is 11.3 Å². The molecule has 27 heavy (non-hydrogen) atoms. The number of hydrogen-bond donors (Lipinski definition) is 1. The molecule has 0 unspecified atom stereocenters. The molecule has 0 radical (unpaired) electrons. The van der Waals surface area contributed by atoms with Gasteiger partial charge in [0.1, 0.15) is 17.1 Å². The molecule has 4 rings (SSSR count). The predicted molar refractivity (Wildman–Crippen MR) is 104 cm³/mol. The summed E-state index contributed by atoms with van der Waals surface area (Å²) in [6.07, 6.45) is 0. The molecule has 0 saturated heterocycles. The first-order chi connectivity index (χ1) is 13.1. The average Bonchev–Trinajstić information content (AvgIpc) is 3.11. The molecule has 1 N–H and O–H groups in total. The van der Waals surface area contributed by atoms with Crippen LogP contribution in [0.2, 0.25) is 0 Å². The van der Waals surface area contributed by atoms with Gasteiger partial charge in [-0.05, 0) is 37.3 Å². The van der Waals surface area contributed by atoms with Crippen molar-refractivity contribution in [2.24, 2.45) is 0 Å². The Hall–Kier alpha value is -3.19. The number of benzene rings is 2. The van der Waals surface area contributed by atoms with E-state index >= 15 is 0 Å². The molecule has 0 bridgehead atoms. The van der Waals surface area contributed by atoms with E-state index in [0.717, 1.165) is 5.39 Å². The smallest absolute Gasteiger partial charge is 0.345 e. The number of halogens is 1. The maximum atomic E-state index is 13.8. The van der Waals surface area contributed by atoms with Crippen molar-refractivity contribution in [2.75, 3.05) is 11.9 Å². The number of rotatable bonds is 5. The molecule has 0 spiro atoms. The maximum Gasteiger partial charge on any atom is 0.345 e. The Kier molecular flexibility index (Phi) is 4.60. The molecule has 5 nitrogen and oxygen atoms in total. The SMILES string of the molecule is CCOc1ccc2cc(-c3csc(Nc4ccccc4F)n3)c(=O)oc2c1. The van der Waals surface area contributed by atoms with Crippen LogP contribution in [-0.4, -0.2) is 11.6 Å². The number of thiazole rings is 1. The lowest BCUT2D eigenvalue weighted by Crippen LogP contribution is -2.03. The van der Waals surface area contributed by atoms with E-state index in [1.807, 2.05) is 19.1 Å². The van der Waals surface area contributed by atoms with Gasteiger partial charge in [0.25, 0.3) is 0 Å². The van der Waals surface area contributed by atoms with E-state index in [-0.39, 0.29) is 5.82 Å². The maximum absolute atomic E-state index is 13.8. The molecule has 0 aliphatic rings. The highest BCUT2D eigenvalue weighted by Gasteiger charge is 2.13. The fraction of sp³-hybridized carbons (Fsp3) is 0.100. The highest BCUT2D eigenvalue weighted by atomic mass is 32.1. The van der Waals surface area contributed by atoms with Crippen LogP contribution in [0, 0.1) is 5.82 Å². The van der Waals surface area contributed by atoms with Gasteiger partial charge in [0.2, 0.25) is 0 Å². The highest BCUT2D eigenvalue weighted by molar-refractivity contribution is 7.14. The Morgan fingerprint density at radius 1 is 1.22 bits per heavy atom. The third-order valence-electron chi connectivity index (χ3n) is 3.91. The van der Waals surface area contributed by atoms with E-state index in [0.29, 0.717) is 40.0 Å². The minimum absolute atomic E-state index is 0.326. The van der Waals surface area contributed by atoms with E-state index < -0.39 is 5.63 Å². The van der Waals surface area contributed by atoms with E-state index in [1.54, 1.807) is 35.7 Å². The van der Waals surface area contributed by atoms with Crippen LogP contribution < -0.4 is 15.7 Å². The van der Waals surface area contributed by atoms with Crippen LogP contribution in [0.1, 0.15) is 6.92 Å². The van der Waals surface area contributed by atoms with Gasteiger partial charge in [0, 0.05) is 16.8 Å². The molecule has 2 aromatic carbocycles. The summed E-state index contributed by atoms with van der Waals surface area (Å²) >= 11 is 1.28. The van der Waals surface area contributed by atoms with Crippen molar-refractivity contribution in [3.8, 4) is 17.0 Å². The van der Waals surface area contributed by atoms with Crippen LogP contribution in [0.15, 0.2) is 63.1 Å². The van der Waals surface area contributed by atoms with Crippen LogP contribution in [0.5, 0.6) is 5.75 Å². The molecule has 0 aliphatic carbocycles. The lowest BCUT2D eigenvalue weighted by Gasteiger charge is -2.05. The highest BCUT2D eigenvalue weighted by Crippen LogP contribution is 2.29. The molecular formula is C20H15FN2O3S. The standard InChI is InChI=1S/C20H15FN2O3S/c1-2-25-13-8-7-12-9-14(19(24)26-18(12)10-13)17-11-27-20(23-17)22-16-6-4-3-5-15(16)21/h3-11H,2H2,1H3,(H,22,23). The van der Waals surface area contributed by atoms with Crippen molar-refractivity contribution in [1.29, 1.82) is 0 Å². The number of nitrogens with one attached hydrogen (secondary N) is 1. The number of fused-ring (bicyclic) bond motifs is 1. The quantitative estimate of drug-likeness (QED) is 0.481. The normalized spacial score (nSPS) is 10.9. The van der Waals surface area contributed by atoms with Gasteiger partial charge in [-0.25, -0.2) is 14.2 Å². The topological polar surface area (TPSA) is 64.4 Å². The van der Waals surface area contributed by atoms with Gasteiger partial charge >= 0.3 is 5.63 Å². The summed E-state index contributed by atoms with van der Waals surface area (Å²) in [6.45, 7) is 2.42. The van der Waals surface area contributed by atoms with Gasteiger partial charge in [-0.3, -0.25) is 0 Å². The number of para-hydroxylation sites is 1. The second-order valence-corrected chi connectivity index (χ2v) is 6.58. The third-order valence-corrected chi connectivity index (χ3v) is 4.67. The average molecular weight is 382 g/mol. The first-order valence-corrected chi connectivity index (χ1v) is 9.20. The number of anilines is 2. The number of hydrogen-bond acceptors (Lipinski definition) is 6. The van der Waals surface area contributed by atoms with E-state index in [4.69, 9.17) is 9.15 Å². The van der Waals surface area contributed by atoms with Gasteiger partial charge in [0.05, 0.1) is 23.6 Å². The van der Waals surface area contributed by atoms with Crippen LogP contribution in [0.25, 0.3) is 22.2 Å². The first kappa shape index (κ1) is 17.2. The fourth-order valence-electron chi connectivity index (χ4n) is 2.66. The predicted octanol–water partition coefficient (Wildman–Crippen LogP) is 5.20. The molecule has 0 aliphatic heterocycles. The Bertz CT molecular complexity index is 1170. The largest absolute Gasteiger partial charge is 0.494 e. The molecule has 2 heterocycles.